The van der Waals surface area contributed by atoms with Crippen molar-refractivity contribution in [2.75, 3.05) is 26.7 Å². The predicted molar refractivity (Wildman–Crippen MR) is 66.6 cm³/mol. The molecule has 0 radical (unpaired) electrons. The maximum atomic E-state index is 5.38. The summed E-state index contributed by atoms with van der Waals surface area (Å²) in [5, 5.41) is 3.75. The van der Waals surface area contributed by atoms with E-state index in [1.54, 1.807) is 7.11 Å². The van der Waals surface area contributed by atoms with Crippen LogP contribution in [0, 0.1) is 5.92 Å². The topological polar surface area (TPSA) is 24.5 Å². The lowest BCUT2D eigenvalue weighted by Crippen LogP contribution is -2.64. The maximum Gasteiger partial charge on any atom is 0.0670 e. The van der Waals surface area contributed by atoms with Crippen LogP contribution < -0.4 is 5.32 Å². The van der Waals surface area contributed by atoms with E-state index in [0.717, 1.165) is 19.0 Å². The number of nitrogens with zero attached hydrogens (tertiary/aromatic N) is 1. The Hall–Kier alpha value is -0.120. The molecule has 1 aliphatic carbocycles. The first-order valence-electron chi connectivity index (χ1n) is 6.57. The molecule has 0 amide bonds. The summed E-state index contributed by atoms with van der Waals surface area (Å²) >= 11 is 0. The van der Waals surface area contributed by atoms with Crippen molar-refractivity contribution in [1.82, 2.24) is 10.2 Å². The third-order valence-corrected chi connectivity index (χ3v) is 4.33. The summed E-state index contributed by atoms with van der Waals surface area (Å²) in [6.07, 6.45) is 3.15. The van der Waals surface area contributed by atoms with E-state index in [1.165, 1.54) is 19.4 Å². The largest absolute Gasteiger partial charge is 0.380 e. The number of piperazine rings is 1. The van der Waals surface area contributed by atoms with Crippen molar-refractivity contribution in [3.05, 3.63) is 0 Å². The van der Waals surface area contributed by atoms with Gasteiger partial charge in [-0.3, -0.25) is 4.90 Å². The van der Waals surface area contributed by atoms with Crippen molar-refractivity contribution >= 4 is 0 Å². The van der Waals surface area contributed by atoms with Gasteiger partial charge in [-0.15, -0.1) is 0 Å². The van der Waals surface area contributed by atoms with E-state index in [1.807, 2.05) is 0 Å². The molecule has 0 aromatic carbocycles. The fourth-order valence-electron chi connectivity index (χ4n) is 2.79. The van der Waals surface area contributed by atoms with Crippen LogP contribution in [0.15, 0.2) is 0 Å². The van der Waals surface area contributed by atoms with E-state index in [9.17, 15) is 0 Å². The molecule has 1 saturated carbocycles. The Bertz CT molecular complexity index is 242. The van der Waals surface area contributed by atoms with E-state index >= 15 is 0 Å². The van der Waals surface area contributed by atoms with E-state index in [2.05, 4.69) is 31.0 Å². The Morgan fingerprint density at radius 2 is 2.19 bits per heavy atom. The van der Waals surface area contributed by atoms with E-state index in [-0.39, 0.29) is 0 Å². The minimum absolute atomic E-state index is 0.337. The van der Waals surface area contributed by atoms with Crippen molar-refractivity contribution in [2.45, 2.75) is 51.3 Å². The highest BCUT2D eigenvalue weighted by atomic mass is 16.5. The third kappa shape index (κ3) is 2.58. The van der Waals surface area contributed by atoms with Gasteiger partial charge in [0.2, 0.25) is 0 Å². The van der Waals surface area contributed by atoms with Gasteiger partial charge in [0.1, 0.15) is 0 Å². The normalized spacial score (nSPS) is 38.6. The fraction of sp³-hybridized carbons (Fsp3) is 1.00. The summed E-state index contributed by atoms with van der Waals surface area (Å²) < 4.78 is 5.38. The van der Waals surface area contributed by atoms with Gasteiger partial charge in [0.25, 0.3) is 0 Å². The number of rotatable bonds is 4. The molecular formula is C13H26N2O. The molecule has 0 aromatic heterocycles. The van der Waals surface area contributed by atoms with Crippen LogP contribution in [-0.2, 0) is 4.74 Å². The molecule has 16 heavy (non-hydrogen) atoms. The Morgan fingerprint density at radius 3 is 2.75 bits per heavy atom. The zero-order chi connectivity index (χ0) is 11.8. The van der Waals surface area contributed by atoms with Crippen molar-refractivity contribution in [3.8, 4) is 0 Å². The number of hydrogen-bond donors (Lipinski definition) is 1. The second-order valence-corrected chi connectivity index (χ2v) is 5.90. The predicted octanol–water partition coefficient (Wildman–Crippen LogP) is 1.48. The molecule has 3 nitrogen and oxygen atoms in total. The molecule has 2 rings (SSSR count). The lowest BCUT2D eigenvalue weighted by atomic mass is 9.91. The molecule has 2 aliphatic rings. The molecule has 3 unspecified atom stereocenters. The minimum Gasteiger partial charge on any atom is -0.380 e. The first-order valence-corrected chi connectivity index (χ1v) is 6.57. The molecule has 1 aliphatic heterocycles. The van der Waals surface area contributed by atoms with Crippen LogP contribution in [0.2, 0.25) is 0 Å². The highest BCUT2D eigenvalue weighted by molar-refractivity contribution is 5.03. The van der Waals surface area contributed by atoms with Crippen molar-refractivity contribution in [3.63, 3.8) is 0 Å². The van der Waals surface area contributed by atoms with E-state index in [0.29, 0.717) is 17.7 Å². The van der Waals surface area contributed by atoms with Gasteiger partial charge in [-0.05, 0) is 39.5 Å². The summed E-state index contributed by atoms with van der Waals surface area (Å²) in [5.41, 5.74) is 0.347. The van der Waals surface area contributed by atoms with Crippen LogP contribution in [0.3, 0.4) is 0 Å². The van der Waals surface area contributed by atoms with Crippen molar-refractivity contribution in [2.24, 2.45) is 5.92 Å². The van der Waals surface area contributed by atoms with Crippen LogP contribution in [-0.4, -0.2) is 49.3 Å². The molecule has 94 valence electrons. The molecule has 0 spiro atoms. The van der Waals surface area contributed by atoms with Gasteiger partial charge in [-0.25, -0.2) is 0 Å². The first kappa shape index (κ1) is 12.3. The van der Waals surface area contributed by atoms with Crippen LogP contribution in [0.25, 0.3) is 0 Å². The Labute approximate surface area is 99.5 Å². The molecule has 3 heteroatoms. The van der Waals surface area contributed by atoms with E-state index < -0.39 is 0 Å². The van der Waals surface area contributed by atoms with Gasteiger partial charge < -0.3 is 10.1 Å². The molecule has 1 N–H and O–H groups in total. The Kier molecular flexibility index (Phi) is 3.57. The molecule has 2 fully saturated rings. The summed E-state index contributed by atoms with van der Waals surface area (Å²) in [7, 11) is 1.80. The van der Waals surface area contributed by atoms with Gasteiger partial charge in [-0.1, -0.05) is 0 Å². The second-order valence-electron chi connectivity index (χ2n) is 5.90. The smallest absolute Gasteiger partial charge is 0.0670 e. The molecule has 1 saturated heterocycles. The SMILES string of the molecule is COC(C)CN1CC(C)(C2CC2)NCC1C. The van der Waals surface area contributed by atoms with Gasteiger partial charge >= 0.3 is 0 Å². The van der Waals surface area contributed by atoms with Gasteiger partial charge in [0, 0.05) is 38.3 Å². The number of methoxy groups -OCH3 is 1. The lowest BCUT2D eigenvalue weighted by molar-refractivity contribution is 0.0239. The zero-order valence-corrected chi connectivity index (χ0v) is 11.1. The number of ether oxygens (including phenoxy) is 1. The first-order chi connectivity index (χ1) is 7.55. The average molecular weight is 226 g/mol. The van der Waals surface area contributed by atoms with Crippen molar-refractivity contribution < 1.29 is 4.74 Å². The molecular weight excluding hydrogens is 200 g/mol. The fourth-order valence-corrected chi connectivity index (χ4v) is 2.79. The summed E-state index contributed by atoms with van der Waals surface area (Å²) in [6.45, 7) is 10.2. The molecule has 3 atom stereocenters. The summed E-state index contributed by atoms with van der Waals surface area (Å²) in [5.74, 6) is 0.903. The Balaban J connectivity index is 1.94. The highest BCUT2D eigenvalue weighted by Gasteiger charge is 2.45. The Morgan fingerprint density at radius 1 is 1.50 bits per heavy atom. The molecule has 0 bridgehead atoms. The van der Waals surface area contributed by atoms with E-state index in [4.69, 9.17) is 4.74 Å². The van der Waals surface area contributed by atoms with Gasteiger partial charge in [0.15, 0.2) is 0 Å². The quantitative estimate of drug-likeness (QED) is 0.786. The lowest BCUT2D eigenvalue weighted by Gasteiger charge is -2.46. The van der Waals surface area contributed by atoms with Crippen LogP contribution >= 0.6 is 0 Å². The second kappa shape index (κ2) is 4.63. The van der Waals surface area contributed by atoms with Gasteiger partial charge in [0.05, 0.1) is 6.10 Å². The molecule has 0 aromatic rings. The van der Waals surface area contributed by atoms with Gasteiger partial charge in [-0.2, -0.15) is 0 Å². The highest BCUT2D eigenvalue weighted by Crippen LogP contribution is 2.41. The zero-order valence-electron chi connectivity index (χ0n) is 11.1. The molecule has 1 heterocycles. The monoisotopic (exact) mass is 226 g/mol. The van der Waals surface area contributed by atoms with Crippen LogP contribution in [0.1, 0.15) is 33.6 Å². The summed E-state index contributed by atoms with van der Waals surface area (Å²) in [6, 6.07) is 0.629. The minimum atomic E-state index is 0.337. The van der Waals surface area contributed by atoms with Crippen LogP contribution in [0.4, 0.5) is 0 Å². The average Bonchev–Trinajstić information content (AvgIpc) is 3.07. The maximum absolute atomic E-state index is 5.38. The number of nitrogens with one attached hydrogen (secondary N) is 1. The van der Waals surface area contributed by atoms with Crippen LogP contribution in [0.5, 0.6) is 0 Å². The van der Waals surface area contributed by atoms with Crippen molar-refractivity contribution in [1.29, 1.82) is 0 Å². The number of hydrogen-bond acceptors (Lipinski definition) is 3. The third-order valence-electron chi connectivity index (χ3n) is 4.33. The standard InChI is InChI=1S/C13H26N2O/c1-10-7-14-13(3,12-5-6-12)9-15(10)8-11(2)16-4/h10-12,14H,5-9H2,1-4H3. The summed E-state index contributed by atoms with van der Waals surface area (Å²) in [4.78, 5) is 2.59.